The van der Waals surface area contributed by atoms with Crippen molar-refractivity contribution in [2.24, 2.45) is 0 Å². The molecule has 0 saturated heterocycles. The standard InChI is InChI=1S/C20H23FN4O4/c1-13(2)23-20(28)22-11-14-6-8-15(9-7-14)19(27)25-24-18(26)12-29-17-5-3-4-16(21)10-17/h3-10,13H,11-12H2,1-2H3,(H,24,26)(H,25,27)(H2,22,23,28). The molecule has 0 bridgehead atoms. The van der Waals surface area contributed by atoms with E-state index < -0.39 is 17.6 Å². The highest BCUT2D eigenvalue weighted by atomic mass is 19.1. The highest BCUT2D eigenvalue weighted by Crippen LogP contribution is 2.11. The summed E-state index contributed by atoms with van der Waals surface area (Å²) in [4.78, 5) is 35.4. The molecule has 2 aromatic rings. The van der Waals surface area contributed by atoms with E-state index in [4.69, 9.17) is 4.74 Å². The quantitative estimate of drug-likeness (QED) is 0.530. The normalized spacial score (nSPS) is 10.2. The topological polar surface area (TPSA) is 109 Å². The summed E-state index contributed by atoms with van der Waals surface area (Å²) in [6.45, 7) is 3.65. The molecule has 0 aromatic heterocycles. The third kappa shape index (κ3) is 7.87. The number of amides is 4. The number of rotatable bonds is 7. The molecule has 2 aromatic carbocycles. The van der Waals surface area contributed by atoms with Crippen LogP contribution in [0.2, 0.25) is 0 Å². The average Bonchev–Trinajstić information content (AvgIpc) is 2.69. The average molecular weight is 402 g/mol. The number of hydrogen-bond donors (Lipinski definition) is 4. The van der Waals surface area contributed by atoms with Crippen molar-refractivity contribution < 1.29 is 23.5 Å². The molecule has 0 fully saturated rings. The van der Waals surface area contributed by atoms with Crippen LogP contribution >= 0.6 is 0 Å². The van der Waals surface area contributed by atoms with E-state index in [0.717, 1.165) is 11.6 Å². The molecule has 0 saturated carbocycles. The summed E-state index contributed by atoms with van der Waals surface area (Å²) < 4.78 is 18.2. The molecule has 0 aliphatic heterocycles. The van der Waals surface area contributed by atoms with Gasteiger partial charge in [-0.15, -0.1) is 0 Å². The lowest BCUT2D eigenvalue weighted by atomic mass is 10.1. The van der Waals surface area contributed by atoms with E-state index in [0.29, 0.717) is 12.1 Å². The molecule has 0 aliphatic carbocycles. The molecule has 0 heterocycles. The SMILES string of the molecule is CC(C)NC(=O)NCc1ccc(C(=O)NNC(=O)COc2cccc(F)c2)cc1. The Kier molecular flexibility index (Phi) is 7.96. The molecule has 0 aliphatic rings. The van der Waals surface area contributed by atoms with E-state index in [1.165, 1.54) is 18.2 Å². The zero-order valence-electron chi connectivity index (χ0n) is 16.1. The lowest BCUT2D eigenvalue weighted by molar-refractivity contribution is -0.123. The molecular weight excluding hydrogens is 379 g/mol. The van der Waals surface area contributed by atoms with Crippen molar-refractivity contribution in [3.63, 3.8) is 0 Å². The van der Waals surface area contributed by atoms with Crippen LogP contribution in [0.4, 0.5) is 9.18 Å². The molecule has 2 rings (SSSR count). The van der Waals surface area contributed by atoms with E-state index in [1.54, 1.807) is 24.3 Å². The van der Waals surface area contributed by atoms with Crippen LogP contribution in [0.15, 0.2) is 48.5 Å². The van der Waals surface area contributed by atoms with Crippen molar-refractivity contribution in [3.05, 3.63) is 65.5 Å². The lowest BCUT2D eigenvalue weighted by Gasteiger charge is -2.11. The van der Waals surface area contributed by atoms with Crippen molar-refractivity contribution >= 4 is 17.8 Å². The van der Waals surface area contributed by atoms with Crippen molar-refractivity contribution in [2.75, 3.05) is 6.61 Å². The number of nitrogens with one attached hydrogen (secondary N) is 4. The first-order valence-electron chi connectivity index (χ1n) is 8.94. The van der Waals surface area contributed by atoms with Gasteiger partial charge >= 0.3 is 6.03 Å². The zero-order valence-corrected chi connectivity index (χ0v) is 16.1. The Morgan fingerprint density at radius 1 is 1.03 bits per heavy atom. The van der Waals surface area contributed by atoms with Gasteiger partial charge in [-0.2, -0.15) is 0 Å². The third-order valence-corrected chi connectivity index (χ3v) is 3.57. The Morgan fingerprint density at radius 2 is 1.76 bits per heavy atom. The van der Waals surface area contributed by atoms with Gasteiger partial charge in [0, 0.05) is 24.2 Å². The Morgan fingerprint density at radius 3 is 2.41 bits per heavy atom. The lowest BCUT2D eigenvalue weighted by Crippen LogP contribution is -2.43. The Bertz CT molecular complexity index is 856. The minimum absolute atomic E-state index is 0.0375. The van der Waals surface area contributed by atoms with Crippen LogP contribution in [0.3, 0.4) is 0 Å². The maximum absolute atomic E-state index is 13.0. The Balaban J connectivity index is 1.74. The molecule has 29 heavy (non-hydrogen) atoms. The summed E-state index contributed by atoms with van der Waals surface area (Å²) in [5.41, 5.74) is 5.62. The summed E-state index contributed by atoms with van der Waals surface area (Å²) in [6.07, 6.45) is 0. The third-order valence-electron chi connectivity index (χ3n) is 3.57. The maximum Gasteiger partial charge on any atom is 0.315 e. The van der Waals surface area contributed by atoms with Crippen LogP contribution < -0.4 is 26.2 Å². The van der Waals surface area contributed by atoms with Crippen molar-refractivity contribution in [3.8, 4) is 5.75 Å². The fourth-order valence-corrected chi connectivity index (χ4v) is 2.21. The van der Waals surface area contributed by atoms with Gasteiger partial charge < -0.3 is 15.4 Å². The minimum atomic E-state index is -0.598. The van der Waals surface area contributed by atoms with E-state index in [2.05, 4.69) is 21.5 Å². The molecule has 9 heteroatoms. The maximum atomic E-state index is 13.0. The molecule has 154 valence electrons. The van der Waals surface area contributed by atoms with Gasteiger partial charge in [0.05, 0.1) is 0 Å². The van der Waals surface area contributed by atoms with E-state index in [-0.39, 0.29) is 24.4 Å². The Labute approximate surface area is 167 Å². The largest absolute Gasteiger partial charge is 0.484 e. The van der Waals surface area contributed by atoms with Gasteiger partial charge in [0.15, 0.2) is 6.61 Å². The molecule has 0 unspecified atom stereocenters. The molecular formula is C20H23FN4O4. The van der Waals surface area contributed by atoms with Gasteiger partial charge in [-0.05, 0) is 43.7 Å². The number of carbonyl (C=O) groups is 3. The number of halogens is 1. The summed E-state index contributed by atoms with van der Waals surface area (Å²) in [7, 11) is 0. The second-order valence-corrected chi connectivity index (χ2v) is 6.43. The zero-order chi connectivity index (χ0) is 21.2. The van der Waals surface area contributed by atoms with Crippen molar-refractivity contribution in [2.45, 2.75) is 26.4 Å². The van der Waals surface area contributed by atoms with Gasteiger partial charge in [-0.1, -0.05) is 18.2 Å². The second-order valence-electron chi connectivity index (χ2n) is 6.43. The van der Waals surface area contributed by atoms with Crippen LogP contribution in [0.1, 0.15) is 29.8 Å². The van der Waals surface area contributed by atoms with Crippen molar-refractivity contribution in [1.82, 2.24) is 21.5 Å². The van der Waals surface area contributed by atoms with E-state index in [1.807, 2.05) is 13.8 Å². The summed E-state index contributed by atoms with van der Waals surface area (Å²) >= 11 is 0. The number of hydrogen-bond acceptors (Lipinski definition) is 4. The van der Waals surface area contributed by atoms with E-state index in [9.17, 15) is 18.8 Å². The highest BCUT2D eigenvalue weighted by Gasteiger charge is 2.09. The smallest absolute Gasteiger partial charge is 0.315 e. The van der Waals surface area contributed by atoms with Crippen LogP contribution in [0.25, 0.3) is 0 Å². The number of carbonyl (C=O) groups excluding carboxylic acids is 3. The number of benzene rings is 2. The summed E-state index contributed by atoms with van der Waals surface area (Å²) in [6, 6.07) is 11.7. The van der Waals surface area contributed by atoms with Gasteiger partial charge in [-0.25, -0.2) is 9.18 Å². The highest BCUT2D eigenvalue weighted by molar-refractivity contribution is 5.95. The first-order valence-corrected chi connectivity index (χ1v) is 8.94. The monoisotopic (exact) mass is 402 g/mol. The number of ether oxygens (including phenoxy) is 1. The van der Waals surface area contributed by atoms with Crippen molar-refractivity contribution in [1.29, 1.82) is 0 Å². The fourth-order valence-electron chi connectivity index (χ4n) is 2.21. The molecule has 8 nitrogen and oxygen atoms in total. The van der Waals surface area contributed by atoms with Crippen LogP contribution in [-0.4, -0.2) is 30.5 Å². The van der Waals surface area contributed by atoms with Crippen LogP contribution in [-0.2, 0) is 11.3 Å². The summed E-state index contributed by atoms with van der Waals surface area (Å²) in [5, 5.41) is 5.42. The van der Waals surface area contributed by atoms with E-state index >= 15 is 0 Å². The van der Waals surface area contributed by atoms with Crippen LogP contribution in [0, 0.1) is 5.82 Å². The minimum Gasteiger partial charge on any atom is -0.484 e. The Hall–Kier alpha value is -3.62. The number of urea groups is 1. The molecule has 0 radical (unpaired) electrons. The summed E-state index contributed by atoms with van der Waals surface area (Å²) in [5.74, 6) is -1.38. The number of hydrazine groups is 1. The first-order chi connectivity index (χ1) is 13.8. The van der Waals surface area contributed by atoms with Crippen LogP contribution in [0.5, 0.6) is 5.75 Å². The fraction of sp³-hybridized carbons (Fsp3) is 0.250. The van der Waals surface area contributed by atoms with Gasteiger partial charge in [0.2, 0.25) is 0 Å². The molecule has 4 N–H and O–H groups in total. The molecule has 0 atom stereocenters. The first kappa shape index (κ1) is 21.7. The van der Waals surface area contributed by atoms with Gasteiger partial charge in [0.1, 0.15) is 11.6 Å². The molecule has 0 spiro atoms. The second kappa shape index (κ2) is 10.6. The predicted octanol–water partition coefficient (Wildman–Crippen LogP) is 1.87. The van der Waals surface area contributed by atoms with Gasteiger partial charge in [-0.3, -0.25) is 20.4 Å². The predicted molar refractivity (Wildman–Crippen MR) is 104 cm³/mol. The molecule has 4 amide bonds. The van der Waals surface area contributed by atoms with Gasteiger partial charge in [0.25, 0.3) is 11.8 Å².